The Morgan fingerprint density at radius 2 is 2.18 bits per heavy atom. The summed E-state index contributed by atoms with van der Waals surface area (Å²) in [7, 11) is 2.80. The first-order valence-corrected chi connectivity index (χ1v) is 6.22. The summed E-state index contributed by atoms with van der Waals surface area (Å²) < 4.78 is 15.9. The van der Waals surface area contributed by atoms with E-state index in [-0.39, 0.29) is 6.61 Å². The Balaban J connectivity index is 2.82. The summed E-state index contributed by atoms with van der Waals surface area (Å²) in [6, 6.07) is 5.15. The molecular formula is C11H12ClIO4. The van der Waals surface area contributed by atoms with E-state index in [1.165, 1.54) is 14.2 Å². The van der Waals surface area contributed by atoms with Crippen molar-refractivity contribution in [1.82, 2.24) is 0 Å². The van der Waals surface area contributed by atoms with Gasteiger partial charge in [0.1, 0.15) is 5.75 Å². The molecular weight excluding hydrogens is 358 g/mol. The fourth-order valence-corrected chi connectivity index (χ4v) is 2.16. The number of esters is 1. The first-order valence-electron chi connectivity index (χ1n) is 4.77. The second-order valence-corrected chi connectivity index (χ2v) is 4.76. The zero-order valence-electron chi connectivity index (χ0n) is 9.41. The topological polar surface area (TPSA) is 44.8 Å². The van der Waals surface area contributed by atoms with E-state index < -0.39 is 12.1 Å². The zero-order valence-corrected chi connectivity index (χ0v) is 12.3. The molecule has 0 aliphatic rings. The monoisotopic (exact) mass is 370 g/mol. The number of benzene rings is 1. The van der Waals surface area contributed by atoms with Crippen molar-refractivity contribution < 1.29 is 19.0 Å². The summed E-state index contributed by atoms with van der Waals surface area (Å²) in [6.45, 7) is 0.130. The molecule has 0 N–H and O–H groups in total. The summed E-state index contributed by atoms with van der Waals surface area (Å²) in [6.07, 6.45) is -0.778. The van der Waals surface area contributed by atoms with Crippen LogP contribution in [0.2, 0.25) is 5.02 Å². The lowest BCUT2D eigenvalue weighted by Crippen LogP contribution is -2.33. The molecule has 0 saturated carbocycles. The summed E-state index contributed by atoms with van der Waals surface area (Å²) in [5.41, 5.74) is 0. The molecule has 0 aliphatic heterocycles. The van der Waals surface area contributed by atoms with Crippen molar-refractivity contribution in [3.63, 3.8) is 0 Å². The van der Waals surface area contributed by atoms with Crippen LogP contribution in [0.1, 0.15) is 0 Å². The highest BCUT2D eigenvalue weighted by molar-refractivity contribution is 14.1. The Kier molecular flexibility index (Phi) is 6.01. The number of rotatable bonds is 5. The summed E-state index contributed by atoms with van der Waals surface area (Å²) >= 11 is 7.91. The molecule has 0 saturated heterocycles. The largest absolute Gasteiger partial charge is 0.475 e. The third-order valence-electron chi connectivity index (χ3n) is 1.95. The first-order chi connectivity index (χ1) is 8.08. The van der Waals surface area contributed by atoms with Crippen LogP contribution in [0.4, 0.5) is 0 Å². The Labute approximate surface area is 118 Å². The number of methoxy groups -OCH3 is 2. The highest BCUT2D eigenvalue weighted by Gasteiger charge is 2.22. The van der Waals surface area contributed by atoms with Crippen LogP contribution in [0.5, 0.6) is 5.75 Å². The van der Waals surface area contributed by atoms with Crippen LogP contribution in [0.3, 0.4) is 0 Å². The molecule has 1 aromatic rings. The van der Waals surface area contributed by atoms with Crippen molar-refractivity contribution in [2.45, 2.75) is 6.10 Å². The van der Waals surface area contributed by atoms with Crippen molar-refractivity contribution in [2.75, 3.05) is 20.8 Å². The summed E-state index contributed by atoms with van der Waals surface area (Å²) in [5, 5.41) is 0.614. The van der Waals surface area contributed by atoms with Gasteiger partial charge in [0.2, 0.25) is 6.10 Å². The van der Waals surface area contributed by atoms with Gasteiger partial charge in [0.05, 0.1) is 17.3 Å². The average Bonchev–Trinajstić information content (AvgIpc) is 2.30. The molecule has 0 fully saturated rings. The van der Waals surface area contributed by atoms with Crippen LogP contribution in [0.15, 0.2) is 18.2 Å². The number of carbonyl (C=O) groups excluding carboxylic acids is 1. The summed E-state index contributed by atoms with van der Waals surface area (Å²) in [5.74, 6) is 0.0973. The normalized spacial score (nSPS) is 12.0. The number of carbonyl (C=O) groups is 1. The van der Waals surface area contributed by atoms with Crippen LogP contribution in [-0.2, 0) is 14.3 Å². The number of hydrogen-bond acceptors (Lipinski definition) is 4. The predicted molar refractivity (Wildman–Crippen MR) is 72.5 cm³/mol. The molecule has 1 rings (SSSR count). The molecule has 0 heterocycles. The van der Waals surface area contributed by atoms with Gasteiger partial charge in [-0.2, -0.15) is 0 Å². The van der Waals surface area contributed by atoms with Crippen molar-refractivity contribution in [1.29, 1.82) is 0 Å². The van der Waals surface area contributed by atoms with Gasteiger partial charge < -0.3 is 14.2 Å². The van der Waals surface area contributed by atoms with Crippen LogP contribution in [-0.4, -0.2) is 32.9 Å². The lowest BCUT2D eigenvalue weighted by Gasteiger charge is -2.17. The Hall–Kier alpha value is -0.530. The van der Waals surface area contributed by atoms with Crippen LogP contribution < -0.4 is 4.74 Å². The van der Waals surface area contributed by atoms with Crippen molar-refractivity contribution in [2.24, 2.45) is 0 Å². The molecule has 1 aromatic carbocycles. The van der Waals surface area contributed by atoms with Gasteiger partial charge in [-0.3, -0.25) is 0 Å². The minimum Gasteiger partial charge on any atom is -0.475 e. The maximum absolute atomic E-state index is 11.4. The molecule has 6 heteroatoms. The van der Waals surface area contributed by atoms with Gasteiger partial charge in [-0.25, -0.2) is 4.79 Å². The summed E-state index contributed by atoms with van der Waals surface area (Å²) in [4.78, 5) is 11.4. The van der Waals surface area contributed by atoms with E-state index in [4.69, 9.17) is 21.1 Å². The third kappa shape index (κ3) is 4.33. The van der Waals surface area contributed by atoms with E-state index >= 15 is 0 Å². The van der Waals surface area contributed by atoms with Crippen LogP contribution in [0.25, 0.3) is 0 Å². The predicted octanol–water partition coefficient (Wildman–Crippen LogP) is 2.51. The van der Waals surface area contributed by atoms with E-state index in [9.17, 15) is 4.79 Å². The Bertz CT molecular complexity index is 397. The fraction of sp³-hybridized carbons (Fsp3) is 0.364. The number of halogens is 2. The molecule has 17 heavy (non-hydrogen) atoms. The Morgan fingerprint density at radius 3 is 2.71 bits per heavy atom. The van der Waals surface area contributed by atoms with E-state index in [2.05, 4.69) is 27.3 Å². The van der Waals surface area contributed by atoms with Gasteiger partial charge >= 0.3 is 5.97 Å². The molecule has 0 radical (unpaired) electrons. The van der Waals surface area contributed by atoms with E-state index in [1.807, 2.05) is 0 Å². The molecule has 0 bridgehead atoms. The minimum absolute atomic E-state index is 0.130. The molecule has 1 unspecified atom stereocenters. The number of hydrogen-bond donors (Lipinski definition) is 0. The fourth-order valence-electron chi connectivity index (χ4n) is 1.16. The van der Waals surface area contributed by atoms with E-state index in [1.54, 1.807) is 18.2 Å². The van der Waals surface area contributed by atoms with E-state index in [0.29, 0.717) is 10.8 Å². The highest BCUT2D eigenvalue weighted by atomic mass is 127. The van der Waals surface area contributed by atoms with Gasteiger partial charge in [0.25, 0.3) is 0 Å². The molecule has 0 spiro atoms. The van der Waals surface area contributed by atoms with Gasteiger partial charge in [0.15, 0.2) is 0 Å². The van der Waals surface area contributed by atoms with E-state index in [0.717, 1.165) is 3.57 Å². The molecule has 0 amide bonds. The van der Waals surface area contributed by atoms with Gasteiger partial charge in [0, 0.05) is 12.1 Å². The van der Waals surface area contributed by atoms with Crippen molar-refractivity contribution in [3.8, 4) is 5.75 Å². The standard InChI is InChI=1S/C11H12ClIO4/c1-15-6-10(11(14)16-2)17-9-4-3-7(12)5-8(9)13/h3-5,10H,6H2,1-2H3. The third-order valence-corrected chi connectivity index (χ3v) is 3.02. The van der Waals surface area contributed by atoms with Gasteiger partial charge in [-0.15, -0.1) is 0 Å². The zero-order chi connectivity index (χ0) is 12.8. The first kappa shape index (κ1) is 14.5. The Morgan fingerprint density at radius 1 is 1.47 bits per heavy atom. The van der Waals surface area contributed by atoms with Gasteiger partial charge in [-0.05, 0) is 40.8 Å². The minimum atomic E-state index is -0.778. The molecule has 0 aliphatic carbocycles. The SMILES string of the molecule is COCC(Oc1ccc(Cl)cc1I)C(=O)OC. The second-order valence-electron chi connectivity index (χ2n) is 3.16. The van der Waals surface area contributed by atoms with Gasteiger partial charge in [-0.1, -0.05) is 11.6 Å². The lowest BCUT2D eigenvalue weighted by atomic mass is 10.3. The second kappa shape index (κ2) is 7.03. The molecule has 1 atom stereocenters. The lowest BCUT2D eigenvalue weighted by molar-refractivity contribution is -0.151. The van der Waals surface area contributed by atoms with Crippen LogP contribution >= 0.6 is 34.2 Å². The van der Waals surface area contributed by atoms with Crippen LogP contribution in [0, 0.1) is 3.57 Å². The molecule has 94 valence electrons. The quantitative estimate of drug-likeness (QED) is 0.590. The molecule has 4 nitrogen and oxygen atoms in total. The highest BCUT2D eigenvalue weighted by Crippen LogP contribution is 2.25. The molecule has 0 aromatic heterocycles. The smallest absolute Gasteiger partial charge is 0.349 e. The maximum atomic E-state index is 11.4. The average molecular weight is 371 g/mol. The van der Waals surface area contributed by atoms with Crippen molar-refractivity contribution >= 4 is 40.2 Å². The van der Waals surface area contributed by atoms with Crippen molar-refractivity contribution in [3.05, 3.63) is 26.8 Å². The maximum Gasteiger partial charge on any atom is 0.349 e. The number of ether oxygens (including phenoxy) is 3.